The maximum absolute atomic E-state index is 12.9. The summed E-state index contributed by atoms with van der Waals surface area (Å²) in [6.45, 7) is 3.65. The van der Waals surface area contributed by atoms with E-state index in [1.807, 2.05) is 6.08 Å². The van der Waals surface area contributed by atoms with Gasteiger partial charge in [0, 0.05) is 10.5 Å². The minimum Gasteiger partial charge on any atom is -0.271 e. The molecule has 21 heavy (non-hydrogen) atoms. The summed E-state index contributed by atoms with van der Waals surface area (Å²) in [6.07, 6.45) is 2.09. The Balaban J connectivity index is 2.74. The molecule has 1 aromatic rings. The number of nitrogens with two attached hydrogens (primary N) is 1. The Morgan fingerprint density at radius 1 is 1.29 bits per heavy atom. The SMILES string of the molecule is C=CCCCCCC(NN)c1ccc(Br)c(C(F)(F)F)c1. The minimum absolute atomic E-state index is 0.0421. The van der Waals surface area contributed by atoms with Gasteiger partial charge in [-0.15, -0.1) is 6.58 Å². The van der Waals surface area contributed by atoms with Gasteiger partial charge >= 0.3 is 6.18 Å². The number of unbranched alkanes of at least 4 members (excludes halogenated alkanes) is 3. The van der Waals surface area contributed by atoms with Gasteiger partial charge in [0.05, 0.1) is 5.56 Å². The third-order valence-electron chi connectivity index (χ3n) is 3.30. The number of allylic oxidation sites excluding steroid dienone is 1. The van der Waals surface area contributed by atoms with E-state index in [1.54, 1.807) is 6.07 Å². The highest BCUT2D eigenvalue weighted by Crippen LogP contribution is 2.36. The van der Waals surface area contributed by atoms with E-state index in [0.717, 1.165) is 31.7 Å². The van der Waals surface area contributed by atoms with Crippen molar-refractivity contribution < 1.29 is 13.2 Å². The summed E-state index contributed by atoms with van der Waals surface area (Å²) in [5.74, 6) is 5.48. The molecule has 0 aromatic heterocycles. The Hall–Kier alpha value is -0.850. The second kappa shape index (κ2) is 8.56. The molecule has 0 spiro atoms. The third-order valence-corrected chi connectivity index (χ3v) is 3.99. The second-order valence-electron chi connectivity index (χ2n) is 4.88. The quantitative estimate of drug-likeness (QED) is 0.291. The van der Waals surface area contributed by atoms with Crippen molar-refractivity contribution >= 4 is 15.9 Å². The third kappa shape index (κ3) is 5.80. The van der Waals surface area contributed by atoms with Gasteiger partial charge in [-0.1, -0.05) is 40.9 Å². The molecule has 118 valence electrons. The Labute approximate surface area is 131 Å². The molecule has 1 rings (SSSR count). The molecule has 1 unspecified atom stereocenters. The average Bonchev–Trinajstić information content (AvgIpc) is 2.42. The van der Waals surface area contributed by atoms with Gasteiger partial charge < -0.3 is 0 Å². The smallest absolute Gasteiger partial charge is 0.271 e. The average molecular weight is 365 g/mol. The highest BCUT2D eigenvalue weighted by Gasteiger charge is 2.33. The summed E-state index contributed by atoms with van der Waals surface area (Å²) in [7, 11) is 0. The fourth-order valence-electron chi connectivity index (χ4n) is 2.14. The summed E-state index contributed by atoms with van der Waals surface area (Å²) < 4.78 is 38.7. The van der Waals surface area contributed by atoms with Crippen LogP contribution in [0.15, 0.2) is 35.3 Å². The second-order valence-corrected chi connectivity index (χ2v) is 5.74. The number of hydrazine groups is 1. The van der Waals surface area contributed by atoms with Gasteiger partial charge in [0.25, 0.3) is 0 Å². The van der Waals surface area contributed by atoms with Gasteiger partial charge in [0.1, 0.15) is 0 Å². The Bertz CT molecular complexity index is 461. The Morgan fingerprint density at radius 3 is 2.57 bits per heavy atom. The van der Waals surface area contributed by atoms with Crippen LogP contribution < -0.4 is 11.3 Å². The van der Waals surface area contributed by atoms with E-state index in [4.69, 9.17) is 5.84 Å². The van der Waals surface area contributed by atoms with Crippen molar-refractivity contribution in [1.29, 1.82) is 0 Å². The highest BCUT2D eigenvalue weighted by molar-refractivity contribution is 9.10. The molecule has 6 heteroatoms. The normalized spacial score (nSPS) is 13.2. The summed E-state index contributed by atoms with van der Waals surface area (Å²) >= 11 is 2.94. The van der Waals surface area contributed by atoms with Crippen molar-refractivity contribution in [3.05, 3.63) is 46.5 Å². The van der Waals surface area contributed by atoms with Crippen LogP contribution in [0.25, 0.3) is 0 Å². The monoisotopic (exact) mass is 364 g/mol. The first-order chi connectivity index (χ1) is 9.90. The summed E-state index contributed by atoms with van der Waals surface area (Å²) in [4.78, 5) is 0. The van der Waals surface area contributed by atoms with Gasteiger partial charge in [0.2, 0.25) is 0 Å². The summed E-state index contributed by atoms with van der Waals surface area (Å²) in [5, 5.41) is 0. The van der Waals surface area contributed by atoms with Crippen LogP contribution in [0.4, 0.5) is 13.2 Å². The maximum Gasteiger partial charge on any atom is 0.417 e. The molecule has 2 nitrogen and oxygen atoms in total. The van der Waals surface area contributed by atoms with Crippen LogP contribution in [0.1, 0.15) is 49.3 Å². The van der Waals surface area contributed by atoms with Gasteiger partial charge in [0.15, 0.2) is 0 Å². The molecule has 1 atom stereocenters. The molecule has 0 heterocycles. The largest absolute Gasteiger partial charge is 0.417 e. The van der Waals surface area contributed by atoms with Crippen LogP contribution in [0.5, 0.6) is 0 Å². The molecule has 1 aromatic carbocycles. The molecule has 0 aliphatic heterocycles. The van der Waals surface area contributed by atoms with E-state index in [-0.39, 0.29) is 10.5 Å². The van der Waals surface area contributed by atoms with E-state index in [0.29, 0.717) is 12.0 Å². The van der Waals surface area contributed by atoms with Crippen molar-refractivity contribution in [1.82, 2.24) is 5.43 Å². The van der Waals surface area contributed by atoms with Crippen LogP contribution in [0.3, 0.4) is 0 Å². The van der Waals surface area contributed by atoms with Crippen molar-refractivity contribution in [2.24, 2.45) is 5.84 Å². The zero-order chi connectivity index (χ0) is 15.9. The lowest BCUT2D eigenvalue weighted by Gasteiger charge is -2.18. The zero-order valence-electron chi connectivity index (χ0n) is 11.7. The van der Waals surface area contributed by atoms with Crippen LogP contribution in [-0.2, 0) is 6.18 Å². The van der Waals surface area contributed by atoms with Crippen LogP contribution in [-0.4, -0.2) is 0 Å². The number of nitrogens with one attached hydrogen (secondary N) is 1. The molecule has 0 radical (unpaired) electrons. The van der Waals surface area contributed by atoms with E-state index in [9.17, 15) is 13.2 Å². The molecule has 0 bridgehead atoms. The van der Waals surface area contributed by atoms with Gasteiger partial charge in [-0.2, -0.15) is 13.2 Å². The van der Waals surface area contributed by atoms with Crippen LogP contribution in [0.2, 0.25) is 0 Å². The minimum atomic E-state index is -4.38. The molecule has 3 N–H and O–H groups in total. The molecule has 0 aliphatic carbocycles. The van der Waals surface area contributed by atoms with E-state index in [2.05, 4.69) is 27.9 Å². The van der Waals surface area contributed by atoms with Gasteiger partial charge in [-0.3, -0.25) is 11.3 Å². The Morgan fingerprint density at radius 2 is 2.00 bits per heavy atom. The summed E-state index contributed by atoms with van der Waals surface area (Å²) in [6, 6.07) is 3.95. The first kappa shape index (κ1) is 18.2. The molecule has 0 aliphatic rings. The molecular weight excluding hydrogens is 345 g/mol. The lowest BCUT2D eigenvalue weighted by Crippen LogP contribution is -2.28. The Kier molecular flexibility index (Phi) is 7.42. The van der Waals surface area contributed by atoms with Crippen LogP contribution >= 0.6 is 15.9 Å². The van der Waals surface area contributed by atoms with Crippen LogP contribution in [0, 0.1) is 0 Å². The first-order valence-electron chi connectivity index (χ1n) is 6.83. The first-order valence-corrected chi connectivity index (χ1v) is 7.63. The lowest BCUT2D eigenvalue weighted by atomic mass is 9.98. The number of rotatable bonds is 8. The van der Waals surface area contributed by atoms with Crippen molar-refractivity contribution in [2.45, 2.75) is 44.3 Å². The van der Waals surface area contributed by atoms with E-state index >= 15 is 0 Å². The predicted octanol–water partition coefficient (Wildman–Crippen LogP) is 5.11. The van der Waals surface area contributed by atoms with Crippen molar-refractivity contribution in [2.75, 3.05) is 0 Å². The number of hydrogen-bond acceptors (Lipinski definition) is 2. The van der Waals surface area contributed by atoms with Gasteiger partial charge in [-0.05, 0) is 37.0 Å². The number of benzene rings is 1. The standard InChI is InChI=1S/C15H20BrF3N2/c1-2-3-4-5-6-7-14(21-20)11-8-9-13(16)12(10-11)15(17,18)19/h2,8-10,14,21H,1,3-7,20H2. The molecule has 0 fully saturated rings. The number of hydrogen-bond donors (Lipinski definition) is 2. The van der Waals surface area contributed by atoms with E-state index < -0.39 is 11.7 Å². The summed E-state index contributed by atoms with van der Waals surface area (Å²) in [5.41, 5.74) is 2.48. The fourth-order valence-corrected chi connectivity index (χ4v) is 2.61. The molecule has 0 amide bonds. The number of halogens is 4. The molecule has 0 saturated heterocycles. The number of alkyl halides is 3. The fraction of sp³-hybridized carbons (Fsp3) is 0.467. The molecule has 0 saturated carbocycles. The topological polar surface area (TPSA) is 38.0 Å². The highest BCUT2D eigenvalue weighted by atomic mass is 79.9. The molecular formula is C15H20BrF3N2. The van der Waals surface area contributed by atoms with Crippen molar-refractivity contribution in [3.63, 3.8) is 0 Å². The zero-order valence-corrected chi connectivity index (χ0v) is 13.3. The predicted molar refractivity (Wildman–Crippen MR) is 82.5 cm³/mol. The maximum atomic E-state index is 12.9. The van der Waals surface area contributed by atoms with Crippen molar-refractivity contribution in [3.8, 4) is 0 Å². The van der Waals surface area contributed by atoms with E-state index in [1.165, 1.54) is 6.07 Å². The lowest BCUT2D eigenvalue weighted by molar-refractivity contribution is -0.138. The van der Waals surface area contributed by atoms with Gasteiger partial charge in [-0.25, -0.2) is 0 Å².